The van der Waals surface area contributed by atoms with Gasteiger partial charge in [0.15, 0.2) is 0 Å². The summed E-state index contributed by atoms with van der Waals surface area (Å²) in [5.41, 5.74) is -0.277. The SMILES string of the molecule is CC(C)(C)N(C(=O)O)C1[C@H]2CNC[C@@H]12. The summed E-state index contributed by atoms with van der Waals surface area (Å²) in [6, 6.07) is 0.258. The highest BCUT2D eigenvalue weighted by atomic mass is 16.4. The second kappa shape index (κ2) is 2.86. The number of hydrogen-bond acceptors (Lipinski definition) is 2. The molecule has 1 amide bonds. The summed E-state index contributed by atoms with van der Waals surface area (Å²) in [5.74, 6) is 1.12. The number of hydrogen-bond donors (Lipinski definition) is 2. The van der Waals surface area contributed by atoms with Crippen LogP contribution < -0.4 is 5.32 Å². The molecule has 1 heterocycles. The number of piperidine rings is 1. The zero-order valence-electron chi connectivity index (χ0n) is 8.95. The molecule has 2 rings (SSSR count). The van der Waals surface area contributed by atoms with Crippen molar-refractivity contribution in [3.63, 3.8) is 0 Å². The standard InChI is InChI=1S/C10H18N2O2/c1-10(2,3)12(9(13)14)8-6-4-11-5-7(6)8/h6-8,11H,4-5H2,1-3H3,(H,13,14)/t6-,7+,8?. The fraction of sp³-hybridized carbons (Fsp3) is 0.900. The van der Waals surface area contributed by atoms with Crippen molar-refractivity contribution >= 4 is 6.09 Å². The Bertz CT molecular complexity index is 249. The van der Waals surface area contributed by atoms with Gasteiger partial charge in [-0.1, -0.05) is 0 Å². The van der Waals surface area contributed by atoms with E-state index in [1.54, 1.807) is 4.90 Å². The highest BCUT2D eigenvalue weighted by molar-refractivity contribution is 5.67. The van der Waals surface area contributed by atoms with Crippen molar-refractivity contribution < 1.29 is 9.90 Å². The highest BCUT2D eigenvalue weighted by Gasteiger charge is 2.59. The van der Waals surface area contributed by atoms with E-state index < -0.39 is 6.09 Å². The maximum Gasteiger partial charge on any atom is 0.408 e. The van der Waals surface area contributed by atoms with Crippen LogP contribution in [0.15, 0.2) is 0 Å². The van der Waals surface area contributed by atoms with Gasteiger partial charge in [-0.3, -0.25) is 4.90 Å². The van der Waals surface area contributed by atoms with E-state index in [1.165, 1.54) is 0 Å². The summed E-state index contributed by atoms with van der Waals surface area (Å²) >= 11 is 0. The number of fused-ring (bicyclic) bond motifs is 1. The Balaban J connectivity index is 2.10. The van der Waals surface area contributed by atoms with Gasteiger partial charge < -0.3 is 10.4 Å². The van der Waals surface area contributed by atoms with Gasteiger partial charge in [-0.25, -0.2) is 4.79 Å². The summed E-state index contributed by atoms with van der Waals surface area (Å²) in [7, 11) is 0. The minimum Gasteiger partial charge on any atom is -0.465 e. The second-order valence-electron chi connectivity index (χ2n) is 5.30. The summed E-state index contributed by atoms with van der Waals surface area (Å²) in [6.07, 6.45) is -0.781. The van der Waals surface area contributed by atoms with E-state index in [4.69, 9.17) is 0 Å². The lowest BCUT2D eigenvalue weighted by atomic mass is 10.1. The third-order valence-corrected chi connectivity index (χ3v) is 3.27. The fourth-order valence-electron chi connectivity index (χ4n) is 2.63. The molecule has 2 fully saturated rings. The highest BCUT2D eigenvalue weighted by Crippen LogP contribution is 2.47. The summed E-state index contributed by atoms with van der Waals surface area (Å²) in [6.45, 7) is 7.85. The monoisotopic (exact) mass is 198 g/mol. The lowest BCUT2D eigenvalue weighted by Gasteiger charge is -2.34. The first-order valence-corrected chi connectivity index (χ1v) is 5.16. The Hall–Kier alpha value is -0.770. The van der Waals surface area contributed by atoms with Crippen LogP contribution in [0.25, 0.3) is 0 Å². The Morgan fingerprint density at radius 2 is 1.86 bits per heavy atom. The van der Waals surface area contributed by atoms with Crippen LogP contribution in [0.3, 0.4) is 0 Å². The fourth-order valence-corrected chi connectivity index (χ4v) is 2.63. The van der Waals surface area contributed by atoms with Crippen LogP contribution in [-0.4, -0.2) is 40.8 Å². The first kappa shape index (κ1) is 9.77. The Kier molecular flexibility index (Phi) is 2.00. The third kappa shape index (κ3) is 1.38. The van der Waals surface area contributed by atoms with Crippen LogP contribution in [0.5, 0.6) is 0 Å². The molecule has 1 unspecified atom stereocenters. The molecular formula is C10H18N2O2. The number of carboxylic acid groups (broad SMARTS) is 1. The first-order chi connectivity index (χ1) is 6.43. The maximum absolute atomic E-state index is 11.2. The summed E-state index contributed by atoms with van der Waals surface area (Å²) in [5, 5.41) is 12.5. The van der Waals surface area contributed by atoms with Crippen LogP contribution in [-0.2, 0) is 0 Å². The molecule has 0 aromatic carbocycles. The molecule has 80 valence electrons. The number of nitrogens with one attached hydrogen (secondary N) is 1. The van der Waals surface area contributed by atoms with Crippen molar-refractivity contribution in [2.45, 2.75) is 32.4 Å². The van der Waals surface area contributed by atoms with E-state index in [0.29, 0.717) is 11.8 Å². The largest absolute Gasteiger partial charge is 0.465 e. The van der Waals surface area contributed by atoms with Crippen molar-refractivity contribution in [3.8, 4) is 0 Å². The zero-order valence-corrected chi connectivity index (χ0v) is 8.95. The van der Waals surface area contributed by atoms with E-state index in [-0.39, 0.29) is 11.6 Å². The van der Waals surface area contributed by atoms with Gasteiger partial charge in [0.2, 0.25) is 0 Å². The average molecular weight is 198 g/mol. The molecule has 0 aromatic heterocycles. The van der Waals surface area contributed by atoms with Crippen LogP contribution in [0.2, 0.25) is 0 Å². The van der Waals surface area contributed by atoms with Crippen molar-refractivity contribution in [2.75, 3.05) is 13.1 Å². The van der Waals surface area contributed by atoms with Gasteiger partial charge in [-0.05, 0) is 32.6 Å². The molecule has 14 heavy (non-hydrogen) atoms. The van der Waals surface area contributed by atoms with Crippen molar-refractivity contribution in [3.05, 3.63) is 0 Å². The predicted molar refractivity (Wildman–Crippen MR) is 53.3 cm³/mol. The smallest absolute Gasteiger partial charge is 0.408 e. The van der Waals surface area contributed by atoms with E-state index in [0.717, 1.165) is 13.1 Å². The van der Waals surface area contributed by atoms with Gasteiger partial charge in [0.05, 0.1) is 0 Å². The molecule has 2 aliphatic rings. The van der Waals surface area contributed by atoms with Crippen molar-refractivity contribution in [1.82, 2.24) is 10.2 Å². The van der Waals surface area contributed by atoms with Gasteiger partial charge in [0.1, 0.15) is 0 Å². The second-order valence-corrected chi connectivity index (χ2v) is 5.30. The molecule has 0 radical (unpaired) electrons. The molecule has 1 aliphatic carbocycles. The van der Waals surface area contributed by atoms with Crippen LogP contribution >= 0.6 is 0 Å². The zero-order chi connectivity index (χ0) is 10.5. The lowest BCUT2D eigenvalue weighted by Crippen LogP contribution is -2.48. The molecule has 0 bridgehead atoms. The van der Waals surface area contributed by atoms with E-state index >= 15 is 0 Å². The number of rotatable bonds is 1. The molecule has 3 atom stereocenters. The molecule has 0 aromatic rings. The summed E-state index contributed by atoms with van der Waals surface area (Å²) in [4.78, 5) is 12.8. The third-order valence-electron chi connectivity index (χ3n) is 3.27. The molecule has 4 nitrogen and oxygen atoms in total. The lowest BCUT2D eigenvalue weighted by molar-refractivity contribution is 0.0874. The van der Waals surface area contributed by atoms with Crippen LogP contribution in [0, 0.1) is 11.8 Å². The number of amides is 1. The normalized spacial score (nSPS) is 35.2. The van der Waals surface area contributed by atoms with Crippen molar-refractivity contribution in [2.24, 2.45) is 11.8 Å². The maximum atomic E-state index is 11.2. The van der Waals surface area contributed by atoms with Gasteiger partial charge in [-0.15, -0.1) is 0 Å². The van der Waals surface area contributed by atoms with E-state index in [1.807, 2.05) is 20.8 Å². The van der Waals surface area contributed by atoms with Gasteiger partial charge in [-0.2, -0.15) is 0 Å². The van der Waals surface area contributed by atoms with Crippen LogP contribution in [0.1, 0.15) is 20.8 Å². The minimum absolute atomic E-state index is 0.258. The van der Waals surface area contributed by atoms with Gasteiger partial charge >= 0.3 is 6.09 Å². The quantitative estimate of drug-likeness (QED) is 0.660. The Morgan fingerprint density at radius 1 is 1.36 bits per heavy atom. The Morgan fingerprint density at radius 3 is 2.21 bits per heavy atom. The molecular weight excluding hydrogens is 180 g/mol. The van der Waals surface area contributed by atoms with E-state index in [9.17, 15) is 9.90 Å². The topological polar surface area (TPSA) is 52.6 Å². The minimum atomic E-state index is -0.781. The summed E-state index contributed by atoms with van der Waals surface area (Å²) < 4.78 is 0. The molecule has 1 saturated heterocycles. The van der Waals surface area contributed by atoms with Gasteiger partial charge in [0.25, 0.3) is 0 Å². The molecule has 0 spiro atoms. The molecule has 2 N–H and O–H groups in total. The number of nitrogens with zero attached hydrogens (tertiary/aromatic N) is 1. The van der Waals surface area contributed by atoms with Crippen LogP contribution in [0.4, 0.5) is 4.79 Å². The molecule has 1 saturated carbocycles. The molecule has 4 heteroatoms. The van der Waals surface area contributed by atoms with Crippen molar-refractivity contribution in [1.29, 1.82) is 0 Å². The Labute approximate surface area is 84.3 Å². The average Bonchev–Trinajstić information content (AvgIpc) is 2.52. The molecule has 1 aliphatic heterocycles. The predicted octanol–water partition coefficient (Wildman–Crippen LogP) is 0.983. The van der Waals surface area contributed by atoms with Gasteiger partial charge in [0, 0.05) is 24.7 Å². The first-order valence-electron chi connectivity index (χ1n) is 5.16. The number of carbonyl (C=O) groups is 1. The van der Waals surface area contributed by atoms with E-state index in [2.05, 4.69) is 5.32 Å².